The number of hydrogen-bond donors (Lipinski definition) is 1. The van der Waals surface area contributed by atoms with Crippen molar-refractivity contribution in [3.8, 4) is 66.8 Å². The van der Waals surface area contributed by atoms with Crippen molar-refractivity contribution in [2.24, 2.45) is 0 Å². The lowest BCUT2D eigenvalue weighted by Gasteiger charge is -2.30. The van der Waals surface area contributed by atoms with Crippen LogP contribution in [0.5, 0.6) is 0 Å². The van der Waals surface area contributed by atoms with Gasteiger partial charge in [-0.2, -0.15) is 0 Å². The molecule has 0 aliphatic heterocycles. The summed E-state index contributed by atoms with van der Waals surface area (Å²) in [5.41, 5.74) is 31.6. The van der Waals surface area contributed by atoms with E-state index in [4.69, 9.17) is 0 Å². The second-order valence-corrected chi connectivity index (χ2v) is 35.0. The lowest BCUT2D eigenvalue weighted by molar-refractivity contribution is 0.795. The molecule has 556 valence electrons. The third kappa shape index (κ3) is 11.0. The largest absolute Gasteiger partial charge is 0.356 e. The van der Waals surface area contributed by atoms with Gasteiger partial charge in [-0.3, -0.25) is 0 Å². The van der Waals surface area contributed by atoms with Crippen LogP contribution in [0.4, 0.5) is 28.4 Å². The van der Waals surface area contributed by atoms with E-state index in [0.29, 0.717) is 0 Å². The van der Waals surface area contributed by atoms with Crippen LogP contribution in [-0.2, 0) is 10.8 Å². The quantitative estimate of drug-likeness (QED) is 0.171. The van der Waals surface area contributed by atoms with E-state index in [9.17, 15) is 0 Å². The van der Waals surface area contributed by atoms with Crippen molar-refractivity contribution in [1.29, 1.82) is 0 Å². The van der Waals surface area contributed by atoms with Crippen LogP contribution in [0.3, 0.4) is 0 Å². The highest BCUT2D eigenvalue weighted by molar-refractivity contribution is 9.10. The minimum Gasteiger partial charge on any atom is -0.356 e. The molecular weight excluding hydrogens is 1540 g/mol. The molecular formula is C114H71BrN2S2. The molecule has 4 aliphatic rings. The smallest absolute Gasteiger partial charge is 0.0725 e. The van der Waals surface area contributed by atoms with Crippen molar-refractivity contribution < 1.29 is 0 Å². The number of halogens is 1. The average Bonchev–Trinajstić information content (AvgIpc) is 1.51. The molecule has 0 radical (unpaired) electrons. The van der Waals surface area contributed by atoms with E-state index in [1.54, 1.807) is 0 Å². The Hall–Kier alpha value is -14.0. The first kappa shape index (κ1) is 69.3. The third-order valence-corrected chi connectivity index (χ3v) is 28.3. The number of benzene rings is 20. The molecule has 0 saturated carbocycles. The number of hydrogen-bond acceptors (Lipinski definition) is 4. The SMILES string of the molecule is Brc1ccc2sc3ccc(-c4ccc5c(c4)-c4ccccc4C54c5ccccc5-c5cc6ccccc6cc54)cc3c2c1.c1ccc(N(c2ccc3ccccc3c2)c2ccc3sc4ccc(-c5ccc6c(c5)-c5ccccc5C65c6ccccc6-c6cc7ccccc7cc65)cc4c3c2)cc1.c1ccc(Nc2ccc3ccccc3c2)cc1. The van der Waals surface area contributed by atoms with Gasteiger partial charge in [0.15, 0.2) is 0 Å². The van der Waals surface area contributed by atoms with Crippen LogP contribution >= 0.6 is 38.6 Å². The van der Waals surface area contributed by atoms with Crippen molar-refractivity contribution in [1.82, 2.24) is 0 Å². The standard InChI is InChI=1S/C57H35NS.C41H23BrS.C16H13N/c1-2-16-42(17-3-1)58(43-25-22-36-12-4-5-13-37(36)30-43)44-26-29-56-50(35-44)49-33-41(24-28-55(49)59-56)40-23-27-53-47(32-40)45-18-8-10-20-51(45)57(53)52-21-11-9-19-46(52)48-31-38-14-6-7-15-39(38)34-54(48)57;42-28-15-18-40-34(23-28)33-21-27(14-17-39(33)43-40)26-13-16-37-31(20-26)29-9-3-5-11-35(29)41(37)36-12-6-4-10-30(36)32-19-24-7-1-2-8-25(24)22-38(32)41;1-2-8-15(9-3-1)17-16-11-10-13-6-4-5-7-14(13)12-16/h1-35H;1-23H;1-12,17H. The van der Waals surface area contributed by atoms with Gasteiger partial charge in [0, 0.05) is 73.3 Å². The maximum Gasteiger partial charge on any atom is 0.0725 e. The second kappa shape index (κ2) is 27.6. The number of thiophene rings is 2. The first-order valence-corrected chi connectivity index (χ1v) is 43.3. The summed E-state index contributed by atoms with van der Waals surface area (Å²) in [5, 5.41) is 18.7. The molecule has 0 saturated heterocycles. The number of para-hydroxylation sites is 2. The van der Waals surface area contributed by atoms with Gasteiger partial charge in [0.2, 0.25) is 0 Å². The summed E-state index contributed by atoms with van der Waals surface area (Å²) in [6, 6.07) is 157. The highest BCUT2D eigenvalue weighted by Gasteiger charge is 2.53. The van der Waals surface area contributed by atoms with Crippen molar-refractivity contribution in [3.63, 3.8) is 0 Å². The number of rotatable bonds is 7. The zero-order chi connectivity index (χ0) is 78.4. The molecule has 119 heavy (non-hydrogen) atoms. The van der Waals surface area contributed by atoms with Gasteiger partial charge >= 0.3 is 0 Å². The van der Waals surface area contributed by atoms with Gasteiger partial charge in [0.25, 0.3) is 0 Å². The molecule has 2 heterocycles. The predicted octanol–water partition coefficient (Wildman–Crippen LogP) is 32.4. The fourth-order valence-corrected chi connectivity index (χ4v) is 22.8. The van der Waals surface area contributed by atoms with Gasteiger partial charge in [0.05, 0.1) is 10.8 Å². The molecule has 22 aromatic rings. The van der Waals surface area contributed by atoms with Crippen LogP contribution < -0.4 is 10.2 Å². The van der Waals surface area contributed by atoms with Crippen LogP contribution in [0, 0.1) is 0 Å². The van der Waals surface area contributed by atoms with Gasteiger partial charge in [0.1, 0.15) is 0 Å². The van der Waals surface area contributed by atoms with Crippen molar-refractivity contribution in [2.45, 2.75) is 10.8 Å². The molecule has 2 nitrogen and oxygen atoms in total. The number of anilines is 5. The second-order valence-electron chi connectivity index (χ2n) is 31.9. The summed E-state index contributed by atoms with van der Waals surface area (Å²) in [6.45, 7) is 0. The van der Waals surface area contributed by atoms with Gasteiger partial charge in [-0.15, -0.1) is 22.7 Å². The summed E-state index contributed by atoms with van der Waals surface area (Å²) in [7, 11) is 0. The number of nitrogens with one attached hydrogen (secondary N) is 1. The third-order valence-electron chi connectivity index (χ3n) is 25.5. The molecule has 0 fully saturated rings. The van der Waals surface area contributed by atoms with Gasteiger partial charge in [-0.05, 0) is 300 Å². The van der Waals surface area contributed by atoms with E-state index in [1.165, 1.54) is 195 Å². The Morgan fingerprint density at radius 2 is 0.538 bits per heavy atom. The zero-order valence-corrected chi connectivity index (χ0v) is 67.8. The topological polar surface area (TPSA) is 15.3 Å². The fraction of sp³-hybridized carbons (Fsp3) is 0.0175. The van der Waals surface area contributed by atoms with Crippen LogP contribution in [0.25, 0.3) is 150 Å². The van der Waals surface area contributed by atoms with Crippen molar-refractivity contribution in [3.05, 3.63) is 474 Å². The fourth-order valence-electron chi connectivity index (χ4n) is 20.3. The first-order valence-electron chi connectivity index (χ1n) is 40.8. The number of nitrogens with zero attached hydrogens (tertiary/aromatic N) is 1. The lowest BCUT2D eigenvalue weighted by Crippen LogP contribution is -2.25. The molecule has 0 bridgehead atoms. The van der Waals surface area contributed by atoms with Crippen molar-refractivity contribution in [2.75, 3.05) is 10.2 Å². The minimum absolute atomic E-state index is 0.333. The molecule has 2 atom stereocenters. The molecule has 2 spiro atoms. The molecule has 0 amide bonds. The van der Waals surface area contributed by atoms with E-state index in [-0.39, 0.29) is 10.8 Å². The maximum absolute atomic E-state index is 3.69. The monoisotopic (exact) mass is 1610 g/mol. The van der Waals surface area contributed by atoms with Crippen molar-refractivity contribution >= 4 is 150 Å². The summed E-state index contributed by atoms with van der Waals surface area (Å²) < 4.78 is 6.37. The molecule has 4 aliphatic carbocycles. The highest BCUT2D eigenvalue weighted by atomic mass is 79.9. The van der Waals surface area contributed by atoms with Gasteiger partial charge < -0.3 is 10.2 Å². The summed E-state index contributed by atoms with van der Waals surface area (Å²) >= 11 is 7.42. The summed E-state index contributed by atoms with van der Waals surface area (Å²) in [4.78, 5) is 2.38. The molecule has 2 aromatic heterocycles. The normalized spacial score (nSPS) is 14.7. The van der Waals surface area contributed by atoms with E-state index in [0.717, 1.165) is 32.9 Å². The van der Waals surface area contributed by atoms with E-state index in [2.05, 4.69) is 433 Å². The van der Waals surface area contributed by atoms with Crippen LogP contribution in [0.1, 0.15) is 44.5 Å². The Morgan fingerprint density at radius 1 is 0.202 bits per heavy atom. The lowest BCUT2D eigenvalue weighted by atomic mass is 9.70. The minimum atomic E-state index is -0.375. The van der Waals surface area contributed by atoms with Gasteiger partial charge in [-0.25, -0.2) is 0 Å². The Morgan fingerprint density at radius 3 is 1.03 bits per heavy atom. The maximum atomic E-state index is 3.69. The summed E-state index contributed by atoms with van der Waals surface area (Å²) in [5.74, 6) is 0. The zero-order valence-electron chi connectivity index (χ0n) is 64.6. The Labute approximate surface area is 706 Å². The number of fused-ring (bicyclic) bond motifs is 30. The van der Waals surface area contributed by atoms with Gasteiger partial charge in [-0.1, -0.05) is 295 Å². The molecule has 1 N–H and O–H groups in total. The Kier molecular flexibility index (Phi) is 16.0. The Bertz CT molecular complexity index is 7950. The molecule has 2 unspecified atom stereocenters. The van der Waals surface area contributed by atoms with E-state index < -0.39 is 0 Å². The first-order chi connectivity index (χ1) is 58.8. The molecule has 20 aromatic carbocycles. The van der Waals surface area contributed by atoms with Crippen LogP contribution in [0.15, 0.2) is 429 Å². The predicted molar refractivity (Wildman–Crippen MR) is 511 cm³/mol. The average molecular weight is 1610 g/mol. The Balaban J connectivity index is 0.000000117. The molecule has 5 heteroatoms. The van der Waals surface area contributed by atoms with E-state index >= 15 is 0 Å². The highest BCUT2D eigenvalue weighted by Crippen LogP contribution is 2.66. The summed E-state index contributed by atoms with van der Waals surface area (Å²) in [6.07, 6.45) is 0. The van der Waals surface area contributed by atoms with Crippen LogP contribution in [0.2, 0.25) is 0 Å². The van der Waals surface area contributed by atoms with Crippen LogP contribution in [-0.4, -0.2) is 0 Å². The van der Waals surface area contributed by atoms with E-state index in [1.807, 2.05) is 40.9 Å². The molecule has 26 rings (SSSR count).